The molecule has 1 aromatic heterocycles. The van der Waals surface area contributed by atoms with Gasteiger partial charge in [0.2, 0.25) is 11.8 Å². The summed E-state index contributed by atoms with van der Waals surface area (Å²) in [5.74, 6) is 0.466. The molecular formula is C28H40N7O3S+. The molecule has 1 aromatic rings. The van der Waals surface area contributed by atoms with Gasteiger partial charge in [0.25, 0.3) is 0 Å². The van der Waals surface area contributed by atoms with E-state index in [-0.39, 0.29) is 17.8 Å². The van der Waals surface area contributed by atoms with Crippen molar-refractivity contribution in [3.8, 4) is 5.88 Å². The molecule has 2 aliphatic rings. The molecule has 0 radical (unpaired) electrons. The SMILES string of the molecule is C=C(/C=C\C(=C/C)c1cncc(OCC)n1)NC(=O)C1(C(/C=C\C)=N/C(=C)N[N+](O)(S)C2CC2)CCNCC1. The van der Waals surface area contributed by atoms with Gasteiger partial charge in [-0.15, -0.1) is 0 Å². The average molecular weight is 555 g/mol. The van der Waals surface area contributed by atoms with Crippen molar-refractivity contribution in [1.82, 2.24) is 26.0 Å². The molecule has 1 unspecified atom stereocenters. The Morgan fingerprint density at radius 3 is 2.62 bits per heavy atom. The van der Waals surface area contributed by atoms with Gasteiger partial charge in [-0.05, 0) is 68.6 Å². The van der Waals surface area contributed by atoms with Gasteiger partial charge >= 0.3 is 0 Å². The van der Waals surface area contributed by atoms with E-state index in [0.29, 0.717) is 55.5 Å². The summed E-state index contributed by atoms with van der Waals surface area (Å²) in [6.45, 7) is 15.5. The summed E-state index contributed by atoms with van der Waals surface area (Å²) in [7, 11) is 0. The van der Waals surface area contributed by atoms with E-state index < -0.39 is 9.58 Å². The second-order valence-electron chi connectivity index (χ2n) is 9.50. The Morgan fingerprint density at radius 1 is 1.28 bits per heavy atom. The number of quaternary nitrogens is 1. The zero-order valence-electron chi connectivity index (χ0n) is 23.0. The van der Waals surface area contributed by atoms with Crippen LogP contribution in [0, 0.1) is 5.41 Å². The van der Waals surface area contributed by atoms with Crippen molar-refractivity contribution in [1.29, 1.82) is 0 Å². The third-order valence-corrected chi connectivity index (χ3v) is 6.99. The second-order valence-corrected chi connectivity index (χ2v) is 10.1. The molecule has 0 aromatic carbocycles. The van der Waals surface area contributed by atoms with Crippen LogP contribution in [-0.4, -0.2) is 56.7 Å². The number of aromatic nitrogens is 2. The van der Waals surface area contributed by atoms with E-state index in [9.17, 15) is 10.0 Å². The Kier molecular flexibility index (Phi) is 10.6. The van der Waals surface area contributed by atoms with E-state index in [2.05, 4.69) is 57.0 Å². The lowest BCUT2D eigenvalue weighted by atomic mass is 9.73. The van der Waals surface area contributed by atoms with Gasteiger partial charge in [0, 0.05) is 18.5 Å². The number of nitrogens with zero attached hydrogens (tertiary/aromatic N) is 4. The molecule has 1 aliphatic carbocycles. The Morgan fingerprint density at radius 2 is 2.00 bits per heavy atom. The van der Waals surface area contributed by atoms with Crippen LogP contribution in [0.3, 0.4) is 0 Å². The molecular weight excluding hydrogens is 514 g/mol. The van der Waals surface area contributed by atoms with Crippen molar-refractivity contribution in [2.24, 2.45) is 10.4 Å². The molecule has 1 saturated heterocycles. The standard InChI is InChI=1S/C28H39N7O3S/c1-6-9-25(32-21(5)34-35(37,39)23-12-13-23)28(14-16-29-17-15-28)27(36)31-20(4)10-11-22(7-2)24-18-30-19-26(33-24)38-8-3/h6-7,9-11,18-19,23,29,34,37,39H,4-5,8,12-17H2,1-3H3/p+1/b9-6-,11-10-,22-7+,32-25+. The van der Waals surface area contributed by atoms with Crippen LogP contribution in [0.4, 0.5) is 0 Å². The summed E-state index contributed by atoms with van der Waals surface area (Å²) in [5.41, 5.74) is 4.37. The number of hydrogen-bond acceptors (Lipinski definition) is 9. The molecule has 0 bridgehead atoms. The van der Waals surface area contributed by atoms with E-state index in [4.69, 9.17) is 4.74 Å². The van der Waals surface area contributed by atoms with E-state index in [1.54, 1.807) is 18.5 Å². The van der Waals surface area contributed by atoms with Crippen LogP contribution >= 0.6 is 12.8 Å². The quantitative estimate of drug-likeness (QED) is 0.0821. The van der Waals surface area contributed by atoms with Gasteiger partial charge in [0.05, 0.1) is 35.8 Å². The molecule has 1 amide bonds. The van der Waals surface area contributed by atoms with Crippen molar-refractivity contribution in [3.05, 3.63) is 73.1 Å². The molecule has 0 spiro atoms. The monoisotopic (exact) mass is 554 g/mol. The summed E-state index contributed by atoms with van der Waals surface area (Å²) >= 11 is 4.29. The summed E-state index contributed by atoms with van der Waals surface area (Å²) < 4.78 is 4.78. The minimum atomic E-state index is -0.915. The third-order valence-electron chi connectivity index (χ3n) is 6.56. The minimum Gasteiger partial charge on any atom is -0.477 e. The summed E-state index contributed by atoms with van der Waals surface area (Å²) in [6, 6.07) is -0.0219. The number of amides is 1. The number of hydroxylamine groups is 1. The second kappa shape index (κ2) is 13.7. The van der Waals surface area contributed by atoms with Crippen molar-refractivity contribution in [2.45, 2.75) is 52.5 Å². The number of nitrogens with one attached hydrogen (secondary N) is 3. The first kappa shape index (κ1) is 30.3. The number of carbonyl (C=O) groups excluding carboxylic acids is 1. The molecule has 11 heteroatoms. The summed E-state index contributed by atoms with van der Waals surface area (Å²) in [5, 5.41) is 16.8. The van der Waals surface area contributed by atoms with Crippen LogP contribution in [-0.2, 0) is 4.79 Å². The predicted molar refractivity (Wildman–Crippen MR) is 156 cm³/mol. The van der Waals surface area contributed by atoms with E-state index in [0.717, 1.165) is 18.4 Å². The number of ether oxygens (including phenoxy) is 1. The number of allylic oxidation sites excluding steroid dienone is 6. The molecule has 1 saturated carbocycles. The van der Waals surface area contributed by atoms with Gasteiger partial charge < -0.3 is 15.4 Å². The van der Waals surface area contributed by atoms with Gasteiger partial charge in [0.1, 0.15) is 12.8 Å². The molecule has 1 atom stereocenters. The highest BCUT2D eigenvalue weighted by atomic mass is 32.1. The molecule has 3 rings (SSSR count). The number of thiol groups is 1. The van der Waals surface area contributed by atoms with Crippen LogP contribution < -0.4 is 20.8 Å². The first-order valence-electron chi connectivity index (χ1n) is 13.2. The fourth-order valence-electron chi connectivity index (χ4n) is 4.33. The fourth-order valence-corrected chi connectivity index (χ4v) is 4.68. The van der Waals surface area contributed by atoms with Crippen molar-refractivity contribution >= 4 is 30.0 Å². The Labute approximate surface area is 236 Å². The minimum absolute atomic E-state index is 0.0219. The van der Waals surface area contributed by atoms with Crippen LogP contribution in [0.15, 0.2) is 72.4 Å². The van der Waals surface area contributed by atoms with Crippen molar-refractivity contribution in [3.63, 3.8) is 0 Å². The van der Waals surface area contributed by atoms with E-state index >= 15 is 0 Å². The maximum absolute atomic E-state index is 13.8. The average Bonchev–Trinajstić information content (AvgIpc) is 3.76. The summed E-state index contributed by atoms with van der Waals surface area (Å²) in [4.78, 5) is 27.2. The zero-order chi connectivity index (χ0) is 28.5. The first-order valence-corrected chi connectivity index (χ1v) is 13.6. The smallest absolute Gasteiger partial charge is 0.236 e. The number of piperidine rings is 1. The lowest BCUT2D eigenvalue weighted by Gasteiger charge is -2.36. The Bertz CT molecular complexity index is 1180. The number of carbonyl (C=O) groups is 1. The number of aliphatic imine (C=N–C) groups is 1. The van der Waals surface area contributed by atoms with Gasteiger partial charge in [0.15, 0.2) is 11.9 Å². The highest BCUT2D eigenvalue weighted by Crippen LogP contribution is 2.35. The predicted octanol–water partition coefficient (Wildman–Crippen LogP) is 4.04. The molecule has 2 heterocycles. The van der Waals surface area contributed by atoms with E-state index in [1.807, 2.05) is 45.1 Å². The fraction of sp³-hybridized carbons (Fsp3) is 0.429. The van der Waals surface area contributed by atoms with Gasteiger partial charge in [-0.2, -0.15) is 10.6 Å². The van der Waals surface area contributed by atoms with E-state index in [1.165, 1.54) is 0 Å². The first-order chi connectivity index (χ1) is 18.6. The van der Waals surface area contributed by atoms with Gasteiger partial charge in [-0.3, -0.25) is 9.78 Å². The van der Waals surface area contributed by atoms with Crippen LogP contribution in [0.5, 0.6) is 5.88 Å². The number of rotatable bonds is 13. The van der Waals surface area contributed by atoms with Crippen molar-refractivity contribution < 1.29 is 18.9 Å². The molecule has 1 aliphatic heterocycles. The third kappa shape index (κ3) is 8.12. The lowest BCUT2D eigenvalue weighted by molar-refractivity contribution is -1.03. The van der Waals surface area contributed by atoms with Crippen molar-refractivity contribution in [2.75, 3.05) is 19.7 Å². The highest BCUT2D eigenvalue weighted by Gasteiger charge is 2.46. The maximum atomic E-state index is 13.8. The largest absolute Gasteiger partial charge is 0.477 e. The Balaban J connectivity index is 1.79. The maximum Gasteiger partial charge on any atom is 0.236 e. The van der Waals surface area contributed by atoms with Crippen LogP contribution in [0.1, 0.15) is 52.1 Å². The lowest BCUT2D eigenvalue weighted by Crippen LogP contribution is -2.52. The van der Waals surface area contributed by atoms with Gasteiger partial charge in [-0.25, -0.2) is 9.98 Å². The summed E-state index contributed by atoms with van der Waals surface area (Å²) in [6.07, 6.45) is 15.1. The Hall–Kier alpha value is -3.25. The van der Waals surface area contributed by atoms with Crippen LogP contribution in [0.2, 0.25) is 0 Å². The topological polar surface area (TPSA) is 121 Å². The molecule has 4 N–H and O–H groups in total. The molecule has 2 fully saturated rings. The molecule has 10 nitrogen and oxygen atoms in total. The van der Waals surface area contributed by atoms with Crippen LogP contribution in [0.25, 0.3) is 5.57 Å². The zero-order valence-corrected chi connectivity index (χ0v) is 23.9. The number of hydrogen-bond donors (Lipinski definition) is 5. The molecule has 39 heavy (non-hydrogen) atoms. The highest BCUT2D eigenvalue weighted by molar-refractivity contribution is 7.74. The van der Waals surface area contributed by atoms with Gasteiger partial charge in [-0.1, -0.05) is 31.4 Å². The molecule has 210 valence electrons. The normalized spacial score (nSPS) is 19.5.